The molecule has 1 aromatic carbocycles. The highest BCUT2D eigenvalue weighted by Gasteiger charge is 2.38. The van der Waals surface area contributed by atoms with Crippen LogP contribution in [0.4, 0.5) is 4.79 Å². The van der Waals surface area contributed by atoms with E-state index in [-0.39, 0.29) is 36.6 Å². The van der Waals surface area contributed by atoms with Crippen LogP contribution >= 0.6 is 0 Å². The monoisotopic (exact) mass is 356 g/mol. The molecule has 2 aromatic rings. The van der Waals surface area contributed by atoms with Gasteiger partial charge in [-0.25, -0.2) is 9.78 Å². The minimum absolute atomic E-state index is 0.0276. The number of rotatable bonds is 3. The van der Waals surface area contributed by atoms with Crippen molar-refractivity contribution in [1.82, 2.24) is 19.4 Å². The van der Waals surface area contributed by atoms with Gasteiger partial charge in [-0.3, -0.25) is 19.1 Å². The minimum atomic E-state index is -0.300. The van der Waals surface area contributed by atoms with Gasteiger partial charge in [0.05, 0.1) is 23.3 Å². The largest absolute Gasteiger partial charge is 0.447 e. The molecule has 0 saturated carbocycles. The van der Waals surface area contributed by atoms with Crippen molar-refractivity contribution in [2.75, 3.05) is 26.2 Å². The third-order valence-electron chi connectivity index (χ3n) is 5.09. The summed E-state index contributed by atoms with van der Waals surface area (Å²) >= 11 is 0. The summed E-state index contributed by atoms with van der Waals surface area (Å²) in [6.07, 6.45) is 1.43. The Bertz CT molecular complexity index is 938. The Morgan fingerprint density at radius 1 is 1.31 bits per heavy atom. The lowest BCUT2D eigenvalue weighted by atomic mass is 10.1. The number of nitrogens with zero attached hydrogens (tertiary/aromatic N) is 4. The highest BCUT2D eigenvalue weighted by molar-refractivity contribution is 5.80. The molecular weight excluding hydrogens is 336 g/mol. The molecule has 0 N–H and O–H groups in total. The minimum Gasteiger partial charge on any atom is -0.447 e. The Morgan fingerprint density at radius 3 is 3.00 bits per heavy atom. The van der Waals surface area contributed by atoms with Gasteiger partial charge >= 0.3 is 6.09 Å². The summed E-state index contributed by atoms with van der Waals surface area (Å²) in [5.74, 6) is -0.0276. The van der Waals surface area contributed by atoms with Crippen LogP contribution in [0.5, 0.6) is 0 Å². The van der Waals surface area contributed by atoms with Crippen LogP contribution in [-0.4, -0.2) is 63.6 Å². The molecule has 1 aromatic heterocycles. The fraction of sp³-hybridized carbons (Fsp3) is 0.444. The molecule has 2 aliphatic rings. The quantitative estimate of drug-likeness (QED) is 0.811. The molecule has 4 rings (SSSR count). The van der Waals surface area contributed by atoms with Gasteiger partial charge in [-0.2, -0.15) is 0 Å². The molecule has 0 aliphatic carbocycles. The molecule has 1 atom stereocenters. The second-order valence-electron chi connectivity index (χ2n) is 6.73. The lowest BCUT2D eigenvalue weighted by Crippen LogP contribution is -2.53. The van der Waals surface area contributed by atoms with Crippen molar-refractivity contribution in [2.45, 2.75) is 25.9 Å². The Morgan fingerprint density at radius 2 is 2.15 bits per heavy atom. The average molecular weight is 356 g/mol. The molecule has 136 valence electrons. The molecular formula is C18H20N4O4. The van der Waals surface area contributed by atoms with E-state index < -0.39 is 0 Å². The van der Waals surface area contributed by atoms with Crippen molar-refractivity contribution in [3.63, 3.8) is 0 Å². The van der Waals surface area contributed by atoms with Gasteiger partial charge in [-0.05, 0) is 18.6 Å². The second kappa shape index (κ2) is 6.44. The van der Waals surface area contributed by atoms with E-state index >= 15 is 0 Å². The van der Waals surface area contributed by atoms with E-state index in [0.29, 0.717) is 37.1 Å². The first kappa shape index (κ1) is 16.6. The Balaban J connectivity index is 1.44. The van der Waals surface area contributed by atoms with Crippen LogP contribution in [0.25, 0.3) is 10.9 Å². The summed E-state index contributed by atoms with van der Waals surface area (Å²) in [6, 6.07) is 5.44. The first-order chi connectivity index (χ1) is 12.5. The number of hydrogen-bond donors (Lipinski definition) is 0. The summed E-state index contributed by atoms with van der Waals surface area (Å²) in [7, 11) is 0. The van der Waals surface area contributed by atoms with E-state index in [9.17, 15) is 14.4 Å². The average Bonchev–Trinajstić information content (AvgIpc) is 3.02. The number of para-hydroxylation sites is 1. The fourth-order valence-electron chi connectivity index (χ4n) is 3.59. The topological polar surface area (TPSA) is 84.7 Å². The zero-order valence-corrected chi connectivity index (χ0v) is 14.6. The van der Waals surface area contributed by atoms with E-state index in [1.54, 1.807) is 15.9 Å². The predicted molar refractivity (Wildman–Crippen MR) is 93.8 cm³/mol. The lowest BCUT2D eigenvalue weighted by Gasteiger charge is -2.35. The summed E-state index contributed by atoms with van der Waals surface area (Å²) in [5.41, 5.74) is 1.52. The molecule has 0 radical (unpaired) electrons. The van der Waals surface area contributed by atoms with Gasteiger partial charge in [0.2, 0.25) is 5.91 Å². The number of fused-ring (bicyclic) bond motifs is 2. The molecule has 2 fully saturated rings. The molecule has 0 spiro atoms. The maximum Gasteiger partial charge on any atom is 0.410 e. The summed E-state index contributed by atoms with van der Waals surface area (Å²) in [4.78, 5) is 44.4. The van der Waals surface area contributed by atoms with Gasteiger partial charge in [0.15, 0.2) is 0 Å². The maximum absolute atomic E-state index is 12.6. The first-order valence-electron chi connectivity index (χ1n) is 8.70. The zero-order valence-electron chi connectivity index (χ0n) is 14.6. The van der Waals surface area contributed by atoms with Crippen molar-refractivity contribution in [1.29, 1.82) is 0 Å². The lowest BCUT2D eigenvalue weighted by molar-refractivity contribution is -0.133. The standard InChI is InChI=1S/C18H20N4O4/c1-12-3-2-4-14-16(12)19-11-21(17(14)24)6-5-15(23)20-7-8-22-13(9-20)10-26-18(22)25/h2-4,11,13H,5-10H2,1H3/t13-/m1/s1. The van der Waals surface area contributed by atoms with Crippen LogP contribution in [0.1, 0.15) is 12.0 Å². The highest BCUT2D eigenvalue weighted by Crippen LogP contribution is 2.18. The van der Waals surface area contributed by atoms with Crippen molar-refractivity contribution in [3.8, 4) is 0 Å². The number of ether oxygens (including phenoxy) is 1. The molecule has 2 amide bonds. The third kappa shape index (κ3) is 2.81. The number of carbonyl (C=O) groups excluding carboxylic acids is 2. The van der Waals surface area contributed by atoms with E-state index in [1.807, 2.05) is 19.1 Å². The zero-order chi connectivity index (χ0) is 18.3. The Kier molecular flexibility index (Phi) is 4.10. The maximum atomic E-state index is 12.6. The van der Waals surface area contributed by atoms with Gasteiger partial charge in [0.1, 0.15) is 6.61 Å². The first-order valence-corrected chi connectivity index (χ1v) is 8.70. The Labute approximate surface area is 150 Å². The van der Waals surface area contributed by atoms with Crippen LogP contribution in [0, 0.1) is 6.92 Å². The number of aryl methyl sites for hydroxylation is 2. The molecule has 8 nitrogen and oxygen atoms in total. The van der Waals surface area contributed by atoms with E-state index in [0.717, 1.165) is 5.56 Å². The van der Waals surface area contributed by atoms with E-state index in [1.165, 1.54) is 10.9 Å². The van der Waals surface area contributed by atoms with Crippen LogP contribution in [0.2, 0.25) is 0 Å². The normalized spacial score (nSPS) is 19.6. The number of benzene rings is 1. The number of amides is 2. The van der Waals surface area contributed by atoms with Crippen molar-refractivity contribution in [2.24, 2.45) is 0 Å². The number of hydrogen-bond acceptors (Lipinski definition) is 5. The summed E-state index contributed by atoms with van der Waals surface area (Å²) in [6.45, 7) is 4.00. The fourth-order valence-corrected chi connectivity index (χ4v) is 3.59. The number of aromatic nitrogens is 2. The van der Waals surface area contributed by atoms with Crippen LogP contribution < -0.4 is 5.56 Å². The number of carbonyl (C=O) groups is 2. The van der Waals surface area contributed by atoms with Crippen molar-refractivity contribution < 1.29 is 14.3 Å². The molecule has 0 unspecified atom stereocenters. The second-order valence-corrected chi connectivity index (χ2v) is 6.73. The van der Waals surface area contributed by atoms with Gasteiger partial charge in [0.25, 0.3) is 5.56 Å². The summed E-state index contributed by atoms with van der Waals surface area (Å²) < 4.78 is 6.50. The smallest absolute Gasteiger partial charge is 0.410 e. The van der Waals surface area contributed by atoms with Crippen molar-refractivity contribution >= 4 is 22.9 Å². The van der Waals surface area contributed by atoms with Crippen LogP contribution in [-0.2, 0) is 16.1 Å². The number of piperazine rings is 1. The molecule has 26 heavy (non-hydrogen) atoms. The van der Waals surface area contributed by atoms with E-state index in [4.69, 9.17) is 4.74 Å². The van der Waals surface area contributed by atoms with Crippen LogP contribution in [0.15, 0.2) is 29.3 Å². The van der Waals surface area contributed by atoms with Gasteiger partial charge in [-0.1, -0.05) is 12.1 Å². The molecule has 2 saturated heterocycles. The van der Waals surface area contributed by atoms with Gasteiger partial charge in [-0.15, -0.1) is 0 Å². The number of cyclic esters (lactones) is 1. The molecule has 8 heteroatoms. The van der Waals surface area contributed by atoms with E-state index in [2.05, 4.69) is 4.98 Å². The predicted octanol–water partition coefficient (Wildman–Crippen LogP) is 0.758. The van der Waals surface area contributed by atoms with Gasteiger partial charge < -0.3 is 9.64 Å². The Hall–Kier alpha value is -2.90. The SMILES string of the molecule is Cc1cccc2c(=O)n(CCC(=O)N3CCN4C(=O)OC[C@H]4C3)cnc12. The molecule has 0 bridgehead atoms. The third-order valence-corrected chi connectivity index (χ3v) is 5.09. The highest BCUT2D eigenvalue weighted by atomic mass is 16.6. The van der Waals surface area contributed by atoms with Crippen LogP contribution in [0.3, 0.4) is 0 Å². The molecule has 3 heterocycles. The summed E-state index contributed by atoms with van der Waals surface area (Å²) in [5, 5.41) is 0.565. The molecule has 2 aliphatic heterocycles. The van der Waals surface area contributed by atoms with Crippen molar-refractivity contribution in [3.05, 3.63) is 40.4 Å². The van der Waals surface area contributed by atoms with Gasteiger partial charge in [0, 0.05) is 32.6 Å².